The standard InChI is InChI=1S/C25H26N4O2/c1-15-5-10-21(28-24(30)16-3-2-4-16)13-22(15)19-9-8-18-12-23(27-14-20(18)11-19)29(26)25(31)17-6-7-17/h5,8-14,16-17H,2-4,6-7,26H2,1H3,(H,28,30). The lowest BCUT2D eigenvalue weighted by Gasteiger charge is -2.24. The quantitative estimate of drug-likeness (QED) is 0.364. The summed E-state index contributed by atoms with van der Waals surface area (Å²) >= 11 is 0. The van der Waals surface area contributed by atoms with Crippen LogP contribution in [0.1, 0.15) is 37.7 Å². The van der Waals surface area contributed by atoms with Crippen molar-refractivity contribution in [3.8, 4) is 11.1 Å². The number of amides is 2. The van der Waals surface area contributed by atoms with E-state index < -0.39 is 0 Å². The molecule has 3 aromatic rings. The van der Waals surface area contributed by atoms with Crippen molar-refractivity contribution in [3.63, 3.8) is 0 Å². The third-order valence-electron chi connectivity index (χ3n) is 6.41. The molecule has 158 valence electrons. The Morgan fingerprint density at radius 1 is 1.00 bits per heavy atom. The second-order valence-electron chi connectivity index (χ2n) is 8.73. The van der Waals surface area contributed by atoms with Gasteiger partial charge in [-0.3, -0.25) is 9.59 Å². The highest BCUT2D eigenvalue weighted by atomic mass is 16.2. The van der Waals surface area contributed by atoms with Crippen molar-refractivity contribution in [3.05, 3.63) is 54.2 Å². The van der Waals surface area contributed by atoms with E-state index in [2.05, 4.69) is 29.4 Å². The lowest BCUT2D eigenvalue weighted by atomic mass is 9.85. The highest BCUT2D eigenvalue weighted by Crippen LogP contribution is 2.33. The Morgan fingerprint density at radius 3 is 2.52 bits per heavy atom. The summed E-state index contributed by atoms with van der Waals surface area (Å²) in [6, 6.07) is 14.0. The molecule has 31 heavy (non-hydrogen) atoms. The molecular weight excluding hydrogens is 388 g/mol. The maximum Gasteiger partial charge on any atom is 0.245 e. The topological polar surface area (TPSA) is 88.3 Å². The van der Waals surface area contributed by atoms with E-state index >= 15 is 0 Å². The monoisotopic (exact) mass is 414 g/mol. The summed E-state index contributed by atoms with van der Waals surface area (Å²) in [7, 11) is 0. The molecule has 6 heteroatoms. The van der Waals surface area contributed by atoms with Crippen LogP contribution >= 0.6 is 0 Å². The van der Waals surface area contributed by atoms with Gasteiger partial charge in [-0.05, 0) is 78.9 Å². The van der Waals surface area contributed by atoms with E-state index in [1.807, 2.05) is 30.3 Å². The van der Waals surface area contributed by atoms with Crippen molar-refractivity contribution < 1.29 is 9.59 Å². The van der Waals surface area contributed by atoms with E-state index in [0.717, 1.165) is 65.3 Å². The molecule has 0 radical (unpaired) electrons. The average Bonchev–Trinajstić information content (AvgIpc) is 3.57. The molecule has 3 N–H and O–H groups in total. The highest BCUT2D eigenvalue weighted by molar-refractivity contribution is 5.97. The molecule has 5 rings (SSSR count). The lowest BCUT2D eigenvalue weighted by Crippen LogP contribution is -2.39. The molecule has 2 fully saturated rings. The molecule has 2 aliphatic rings. The van der Waals surface area contributed by atoms with Gasteiger partial charge >= 0.3 is 0 Å². The summed E-state index contributed by atoms with van der Waals surface area (Å²) in [6.45, 7) is 2.06. The number of aromatic nitrogens is 1. The molecule has 0 atom stereocenters. The summed E-state index contributed by atoms with van der Waals surface area (Å²) in [6.07, 6.45) is 6.67. The van der Waals surface area contributed by atoms with Crippen molar-refractivity contribution in [2.24, 2.45) is 17.7 Å². The van der Waals surface area contributed by atoms with Gasteiger partial charge in [-0.15, -0.1) is 0 Å². The van der Waals surface area contributed by atoms with Gasteiger partial charge in [0, 0.05) is 29.1 Å². The first-order chi connectivity index (χ1) is 15.0. The first kappa shape index (κ1) is 19.7. The molecule has 0 aliphatic heterocycles. The number of fused-ring (bicyclic) bond motifs is 1. The molecule has 2 saturated carbocycles. The first-order valence-electron chi connectivity index (χ1n) is 10.9. The minimum atomic E-state index is -0.0696. The predicted molar refractivity (Wildman–Crippen MR) is 122 cm³/mol. The van der Waals surface area contributed by atoms with Crippen LogP contribution in [0.15, 0.2) is 48.7 Å². The van der Waals surface area contributed by atoms with Gasteiger partial charge in [-0.2, -0.15) is 0 Å². The van der Waals surface area contributed by atoms with Crippen molar-refractivity contribution in [1.29, 1.82) is 0 Å². The van der Waals surface area contributed by atoms with Crippen LogP contribution in [0.2, 0.25) is 0 Å². The van der Waals surface area contributed by atoms with Gasteiger partial charge < -0.3 is 5.32 Å². The largest absolute Gasteiger partial charge is 0.326 e. The molecule has 2 amide bonds. The van der Waals surface area contributed by atoms with Crippen LogP contribution < -0.4 is 16.2 Å². The second-order valence-corrected chi connectivity index (χ2v) is 8.73. The van der Waals surface area contributed by atoms with Gasteiger partial charge in [0.2, 0.25) is 11.8 Å². The normalized spacial score (nSPS) is 16.1. The number of nitrogens with zero attached hydrogens (tertiary/aromatic N) is 2. The van der Waals surface area contributed by atoms with Crippen molar-refractivity contribution >= 4 is 34.1 Å². The number of rotatable bonds is 5. The number of pyridine rings is 1. The minimum Gasteiger partial charge on any atom is -0.326 e. The number of nitrogens with one attached hydrogen (secondary N) is 1. The van der Waals surface area contributed by atoms with Gasteiger partial charge in [0.1, 0.15) is 5.82 Å². The summed E-state index contributed by atoms with van der Waals surface area (Å²) in [5, 5.41) is 6.17. The fraction of sp³-hybridized carbons (Fsp3) is 0.320. The molecule has 0 bridgehead atoms. The zero-order chi connectivity index (χ0) is 21.5. The van der Waals surface area contributed by atoms with Crippen molar-refractivity contribution in [1.82, 2.24) is 4.98 Å². The summed E-state index contributed by atoms with van der Waals surface area (Å²) < 4.78 is 0. The third kappa shape index (κ3) is 3.91. The minimum absolute atomic E-state index is 0.0462. The Hall–Kier alpha value is -3.25. The summed E-state index contributed by atoms with van der Waals surface area (Å²) in [4.78, 5) is 29.0. The first-order valence-corrected chi connectivity index (χ1v) is 10.9. The summed E-state index contributed by atoms with van der Waals surface area (Å²) in [5.41, 5.74) is 4.08. The van der Waals surface area contributed by atoms with E-state index in [1.54, 1.807) is 6.20 Å². The van der Waals surface area contributed by atoms with Gasteiger partial charge in [-0.1, -0.05) is 24.6 Å². The SMILES string of the molecule is Cc1ccc(NC(=O)C2CCC2)cc1-c1ccc2cc(N(N)C(=O)C3CC3)ncc2c1. The van der Waals surface area contributed by atoms with Crippen molar-refractivity contribution in [2.45, 2.75) is 39.0 Å². The van der Waals surface area contributed by atoms with E-state index in [0.29, 0.717) is 5.82 Å². The fourth-order valence-electron chi connectivity index (χ4n) is 3.99. The Balaban J connectivity index is 1.42. The van der Waals surface area contributed by atoms with Crippen molar-refractivity contribution in [2.75, 3.05) is 10.3 Å². The molecular formula is C25H26N4O2. The number of nitrogens with two attached hydrogens (primary N) is 1. The van der Waals surface area contributed by atoms with Crippen LogP contribution in [0.25, 0.3) is 21.9 Å². The maximum absolute atomic E-state index is 12.3. The Bertz CT molecular complexity index is 1180. The smallest absolute Gasteiger partial charge is 0.245 e. The van der Waals surface area contributed by atoms with E-state index in [-0.39, 0.29) is 23.7 Å². The lowest BCUT2D eigenvalue weighted by molar-refractivity contribution is -0.122. The van der Waals surface area contributed by atoms with E-state index in [4.69, 9.17) is 5.84 Å². The molecule has 0 unspecified atom stereocenters. The fourth-order valence-corrected chi connectivity index (χ4v) is 3.99. The van der Waals surface area contributed by atoms with Crippen LogP contribution in [0.4, 0.5) is 11.5 Å². The van der Waals surface area contributed by atoms with Gasteiger partial charge in [0.25, 0.3) is 0 Å². The number of hydrogen-bond acceptors (Lipinski definition) is 4. The number of aryl methyl sites for hydroxylation is 1. The number of carbonyl (C=O) groups excluding carboxylic acids is 2. The van der Waals surface area contributed by atoms with Gasteiger partial charge in [0.05, 0.1) is 0 Å². The highest BCUT2D eigenvalue weighted by Gasteiger charge is 2.33. The molecule has 2 aliphatic carbocycles. The Kier molecular flexibility index (Phi) is 4.94. The number of carbonyl (C=O) groups is 2. The number of hydrazine groups is 1. The zero-order valence-corrected chi connectivity index (χ0v) is 17.6. The molecule has 0 spiro atoms. The van der Waals surface area contributed by atoms with Crippen LogP contribution in [0, 0.1) is 18.8 Å². The number of anilines is 2. The third-order valence-corrected chi connectivity index (χ3v) is 6.41. The van der Waals surface area contributed by atoms with Gasteiger partial charge in [0.15, 0.2) is 0 Å². The van der Waals surface area contributed by atoms with Crippen LogP contribution in [0.5, 0.6) is 0 Å². The second kappa shape index (κ2) is 7.78. The van der Waals surface area contributed by atoms with Crippen LogP contribution in [0.3, 0.4) is 0 Å². The Morgan fingerprint density at radius 2 is 1.81 bits per heavy atom. The molecule has 0 saturated heterocycles. The molecule has 2 aromatic carbocycles. The Labute approximate surface area is 181 Å². The predicted octanol–water partition coefficient (Wildman–Crippen LogP) is 4.57. The zero-order valence-electron chi connectivity index (χ0n) is 17.6. The van der Waals surface area contributed by atoms with Crippen LogP contribution in [-0.2, 0) is 9.59 Å². The maximum atomic E-state index is 12.3. The van der Waals surface area contributed by atoms with Crippen LogP contribution in [-0.4, -0.2) is 16.8 Å². The van der Waals surface area contributed by atoms with Gasteiger partial charge in [-0.25, -0.2) is 15.8 Å². The summed E-state index contributed by atoms with van der Waals surface area (Å²) in [5.74, 6) is 6.70. The number of hydrogen-bond donors (Lipinski definition) is 2. The average molecular weight is 415 g/mol. The van der Waals surface area contributed by atoms with E-state index in [9.17, 15) is 9.59 Å². The molecule has 6 nitrogen and oxygen atoms in total. The molecule has 1 heterocycles. The number of benzene rings is 2. The van der Waals surface area contributed by atoms with E-state index in [1.165, 1.54) is 5.01 Å². The molecule has 1 aromatic heterocycles.